The molecule has 2 heterocycles. The van der Waals surface area contributed by atoms with Crippen LogP contribution in [0, 0.1) is 4.77 Å². The van der Waals surface area contributed by atoms with Crippen LogP contribution in [0.15, 0.2) is 30.3 Å². The first-order chi connectivity index (χ1) is 9.33. The molecule has 0 bridgehead atoms. The van der Waals surface area contributed by atoms with Gasteiger partial charge >= 0.3 is 0 Å². The average Bonchev–Trinajstić information content (AvgIpc) is 3.05. The van der Waals surface area contributed by atoms with Crippen molar-refractivity contribution in [3.8, 4) is 0 Å². The zero-order valence-corrected chi connectivity index (χ0v) is 11.7. The molecule has 1 saturated heterocycles. The molecule has 19 heavy (non-hydrogen) atoms. The lowest BCUT2D eigenvalue weighted by Gasteiger charge is -2.14. The number of hydrogen-bond acceptors (Lipinski definition) is 3. The summed E-state index contributed by atoms with van der Waals surface area (Å²) in [7, 11) is 0. The van der Waals surface area contributed by atoms with E-state index in [0.717, 1.165) is 18.9 Å². The molecule has 0 spiro atoms. The number of aromatic amines is 1. The van der Waals surface area contributed by atoms with Crippen molar-refractivity contribution < 1.29 is 0 Å². The van der Waals surface area contributed by atoms with E-state index in [4.69, 9.17) is 12.2 Å². The van der Waals surface area contributed by atoms with Gasteiger partial charge in [-0.25, -0.2) is 0 Å². The van der Waals surface area contributed by atoms with Crippen molar-refractivity contribution in [2.75, 3.05) is 13.1 Å². The first kappa shape index (κ1) is 12.6. The second-order valence-electron chi connectivity index (χ2n) is 5.00. The summed E-state index contributed by atoms with van der Waals surface area (Å²) in [4.78, 5) is 2.44. The van der Waals surface area contributed by atoms with E-state index in [-0.39, 0.29) is 0 Å². The van der Waals surface area contributed by atoms with Gasteiger partial charge in [-0.2, -0.15) is 5.10 Å². The fourth-order valence-electron chi connectivity index (χ4n) is 2.54. The van der Waals surface area contributed by atoms with E-state index in [9.17, 15) is 0 Å². The lowest BCUT2D eigenvalue weighted by Crippen LogP contribution is -2.21. The summed E-state index contributed by atoms with van der Waals surface area (Å²) < 4.78 is 2.81. The minimum Gasteiger partial charge on any atom is -0.299 e. The van der Waals surface area contributed by atoms with Gasteiger partial charge in [0.15, 0.2) is 4.77 Å². The largest absolute Gasteiger partial charge is 0.299 e. The van der Waals surface area contributed by atoms with Crippen LogP contribution in [0.4, 0.5) is 0 Å². The Morgan fingerprint density at radius 2 is 1.84 bits per heavy atom. The lowest BCUT2D eigenvalue weighted by molar-refractivity contribution is 0.317. The van der Waals surface area contributed by atoms with Crippen molar-refractivity contribution in [1.82, 2.24) is 19.7 Å². The highest BCUT2D eigenvalue weighted by Gasteiger charge is 2.15. The zero-order valence-electron chi connectivity index (χ0n) is 10.9. The maximum atomic E-state index is 5.34. The molecular formula is C14H18N4S. The molecule has 4 nitrogen and oxygen atoms in total. The number of aromatic nitrogens is 3. The lowest BCUT2D eigenvalue weighted by atomic mass is 10.2. The van der Waals surface area contributed by atoms with Crippen LogP contribution in [-0.2, 0) is 13.1 Å². The van der Waals surface area contributed by atoms with E-state index in [1.807, 2.05) is 6.07 Å². The molecule has 1 aliphatic rings. The number of rotatable bonds is 4. The quantitative estimate of drug-likeness (QED) is 0.871. The molecule has 0 atom stereocenters. The molecule has 0 unspecified atom stereocenters. The fraction of sp³-hybridized carbons (Fsp3) is 0.429. The minimum absolute atomic E-state index is 0.707. The Kier molecular flexibility index (Phi) is 3.75. The monoisotopic (exact) mass is 274 g/mol. The molecule has 1 aliphatic heterocycles. The number of benzene rings is 1. The molecule has 0 aliphatic carbocycles. The van der Waals surface area contributed by atoms with E-state index < -0.39 is 0 Å². The number of nitrogens with one attached hydrogen (secondary N) is 1. The first-order valence-corrected chi connectivity index (χ1v) is 7.14. The smallest absolute Gasteiger partial charge is 0.195 e. The number of H-pyrrole nitrogens is 1. The highest BCUT2D eigenvalue weighted by atomic mass is 32.1. The normalized spacial score (nSPS) is 16.0. The van der Waals surface area contributed by atoms with Gasteiger partial charge in [0.05, 0.1) is 13.1 Å². The maximum Gasteiger partial charge on any atom is 0.195 e. The Labute approximate surface area is 118 Å². The Morgan fingerprint density at radius 1 is 1.11 bits per heavy atom. The van der Waals surface area contributed by atoms with Gasteiger partial charge in [0.1, 0.15) is 5.82 Å². The summed E-state index contributed by atoms with van der Waals surface area (Å²) in [5, 5.41) is 7.30. The molecule has 3 rings (SSSR count). The molecule has 1 aromatic heterocycles. The predicted octanol–water partition coefficient (Wildman–Crippen LogP) is 2.58. The third kappa shape index (κ3) is 2.93. The summed E-state index contributed by atoms with van der Waals surface area (Å²) in [5.41, 5.74) is 1.25. The Hall–Kier alpha value is -1.46. The molecule has 1 N–H and O–H groups in total. The highest BCUT2D eigenvalue weighted by Crippen LogP contribution is 2.13. The molecule has 0 radical (unpaired) electrons. The molecule has 5 heteroatoms. The topological polar surface area (TPSA) is 36.9 Å². The maximum absolute atomic E-state index is 5.34. The predicted molar refractivity (Wildman–Crippen MR) is 77.5 cm³/mol. The van der Waals surface area contributed by atoms with Crippen LogP contribution in [0.3, 0.4) is 0 Å². The van der Waals surface area contributed by atoms with Crippen LogP contribution < -0.4 is 0 Å². The zero-order chi connectivity index (χ0) is 13.1. The standard InChI is InChI=1S/C14H18N4S/c19-14-16-15-13(11-17-8-4-5-9-17)18(14)10-12-6-2-1-3-7-12/h1-3,6-7H,4-5,8-11H2,(H,16,19). The fourth-order valence-corrected chi connectivity index (χ4v) is 2.76. The summed E-state index contributed by atoms with van der Waals surface area (Å²) >= 11 is 5.34. The van der Waals surface area contributed by atoms with Crippen LogP contribution in [0.1, 0.15) is 24.2 Å². The SMILES string of the molecule is S=c1[nH]nc(CN2CCCC2)n1Cc1ccccc1. The summed E-state index contributed by atoms with van der Waals surface area (Å²) in [6, 6.07) is 10.4. The van der Waals surface area contributed by atoms with E-state index in [1.54, 1.807) is 0 Å². The Morgan fingerprint density at radius 3 is 2.58 bits per heavy atom. The van der Waals surface area contributed by atoms with Gasteiger partial charge in [-0.3, -0.25) is 14.6 Å². The Bertz CT molecular complexity index is 581. The van der Waals surface area contributed by atoms with Gasteiger partial charge < -0.3 is 0 Å². The van der Waals surface area contributed by atoms with E-state index in [1.165, 1.54) is 31.5 Å². The van der Waals surface area contributed by atoms with Crippen molar-refractivity contribution in [3.05, 3.63) is 46.5 Å². The third-order valence-electron chi connectivity index (χ3n) is 3.58. The van der Waals surface area contributed by atoms with Crippen molar-refractivity contribution >= 4 is 12.2 Å². The van der Waals surface area contributed by atoms with Crippen LogP contribution in [0.25, 0.3) is 0 Å². The number of likely N-dealkylation sites (tertiary alicyclic amines) is 1. The molecule has 0 saturated carbocycles. The summed E-state index contributed by atoms with van der Waals surface area (Å²) in [5.74, 6) is 1.04. The third-order valence-corrected chi connectivity index (χ3v) is 3.90. The van der Waals surface area contributed by atoms with Gasteiger partial charge in [-0.15, -0.1) is 0 Å². The van der Waals surface area contributed by atoms with E-state index in [0.29, 0.717) is 4.77 Å². The van der Waals surface area contributed by atoms with Crippen LogP contribution in [-0.4, -0.2) is 32.8 Å². The van der Waals surface area contributed by atoms with Crippen molar-refractivity contribution in [2.24, 2.45) is 0 Å². The van der Waals surface area contributed by atoms with Crippen LogP contribution >= 0.6 is 12.2 Å². The molecule has 1 aromatic carbocycles. The average molecular weight is 274 g/mol. The highest BCUT2D eigenvalue weighted by molar-refractivity contribution is 7.71. The number of nitrogens with zero attached hydrogens (tertiary/aromatic N) is 3. The van der Waals surface area contributed by atoms with Gasteiger partial charge in [0.25, 0.3) is 0 Å². The Balaban J connectivity index is 1.80. The van der Waals surface area contributed by atoms with Crippen LogP contribution in [0.5, 0.6) is 0 Å². The second-order valence-corrected chi connectivity index (χ2v) is 5.39. The van der Waals surface area contributed by atoms with Crippen molar-refractivity contribution in [1.29, 1.82) is 0 Å². The number of hydrogen-bond donors (Lipinski definition) is 1. The molecule has 1 fully saturated rings. The first-order valence-electron chi connectivity index (χ1n) is 6.73. The van der Waals surface area contributed by atoms with Crippen LogP contribution in [0.2, 0.25) is 0 Å². The second kappa shape index (κ2) is 5.67. The van der Waals surface area contributed by atoms with Crippen molar-refractivity contribution in [2.45, 2.75) is 25.9 Å². The molecule has 100 valence electrons. The molecular weight excluding hydrogens is 256 g/mol. The molecule has 0 amide bonds. The minimum atomic E-state index is 0.707. The van der Waals surface area contributed by atoms with Crippen molar-refractivity contribution in [3.63, 3.8) is 0 Å². The van der Waals surface area contributed by atoms with Gasteiger partial charge in [0, 0.05) is 0 Å². The van der Waals surface area contributed by atoms with Gasteiger partial charge in [-0.1, -0.05) is 30.3 Å². The van der Waals surface area contributed by atoms with Gasteiger partial charge in [0.2, 0.25) is 0 Å². The van der Waals surface area contributed by atoms with Gasteiger partial charge in [-0.05, 0) is 43.7 Å². The van der Waals surface area contributed by atoms with E-state index in [2.05, 4.69) is 43.9 Å². The summed E-state index contributed by atoms with van der Waals surface area (Å²) in [6.07, 6.45) is 2.59. The molecule has 2 aromatic rings. The van der Waals surface area contributed by atoms with E-state index >= 15 is 0 Å². The summed E-state index contributed by atoms with van der Waals surface area (Å²) in [6.45, 7) is 4.02.